The van der Waals surface area contributed by atoms with Crippen molar-refractivity contribution in [3.8, 4) is 11.5 Å². The summed E-state index contributed by atoms with van der Waals surface area (Å²) in [5.41, 5.74) is 5.67. The van der Waals surface area contributed by atoms with Crippen LogP contribution in [0.3, 0.4) is 0 Å². The van der Waals surface area contributed by atoms with Gasteiger partial charge in [-0.3, -0.25) is 4.79 Å². The Morgan fingerprint density at radius 3 is 2.77 bits per heavy atom. The molecule has 0 saturated carbocycles. The summed E-state index contributed by atoms with van der Waals surface area (Å²) >= 11 is 0. The van der Waals surface area contributed by atoms with Crippen LogP contribution in [0, 0.1) is 0 Å². The van der Waals surface area contributed by atoms with Gasteiger partial charge >= 0.3 is 0 Å². The number of hydrogen-bond donors (Lipinski definition) is 2. The Bertz CT molecular complexity index is 323. The molecule has 3 N–H and O–H groups in total. The van der Waals surface area contributed by atoms with Crippen molar-refractivity contribution < 1.29 is 14.6 Å². The molecular weight excluding hydrogens is 170 g/mol. The zero-order valence-electron chi connectivity index (χ0n) is 7.28. The molecule has 0 aliphatic carbocycles. The van der Waals surface area contributed by atoms with E-state index >= 15 is 0 Å². The summed E-state index contributed by atoms with van der Waals surface area (Å²) in [6.45, 7) is 0. The van der Waals surface area contributed by atoms with Crippen molar-refractivity contribution in [3.05, 3.63) is 23.8 Å². The standard InChI is InChI=1S/C9H11NO3/c1-13-8-3-2-6(4-7(8)11)5-9(10)12/h2-4,11H,5H2,1H3,(H2,10,12). The van der Waals surface area contributed by atoms with Gasteiger partial charge in [0.1, 0.15) is 0 Å². The van der Waals surface area contributed by atoms with Crippen LogP contribution in [-0.2, 0) is 11.2 Å². The summed E-state index contributed by atoms with van der Waals surface area (Å²) < 4.78 is 4.84. The molecule has 0 aliphatic heterocycles. The van der Waals surface area contributed by atoms with Crippen LogP contribution in [0.4, 0.5) is 0 Å². The number of carbonyl (C=O) groups excluding carboxylic acids is 1. The molecule has 0 spiro atoms. The molecule has 0 unspecified atom stereocenters. The third kappa shape index (κ3) is 2.37. The molecule has 0 bridgehead atoms. The fourth-order valence-corrected chi connectivity index (χ4v) is 1.05. The Kier molecular flexibility index (Phi) is 2.74. The monoisotopic (exact) mass is 181 g/mol. The zero-order chi connectivity index (χ0) is 9.84. The normalized spacial score (nSPS) is 9.62. The first-order valence-electron chi connectivity index (χ1n) is 3.77. The van der Waals surface area contributed by atoms with Gasteiger partial charge in [-0.15, -0.1) is 0 Å². The van der Waals surface area contributed by atoms with Crippen molar-refractivity contribution in [2.24, 2.45) is 5.73 Å². The topological polar surface area (TPSA) is 72.5 Å². The van der Waals surface area contributed by atoms with Crippen LogP contribution in [0.5, 0.6) is 11.5 Å². The molecule has 0 aromatic heterocycles. The van der Waals surface area contributed by atoms with E-state index in [1.807, 2.05) is 0 Å². The Hall–Kier alpha value is -1.71. The number of aromatic hydroxyl groups is 1. The van der Waals surface area contributed by atoms with Crippen LogP contribution in [0.25, 0.3) is 0 Å². The van der Waals surface area contributed by atoms with Crippen LogP contribution in [-0.4, -0.2) is 18.1 Å². The molecule has 4 nitrogen and oxygen atoms in total. The number of phenolic OH excluding ortho intramolecular Hbond substituents is 1. The van der Waals surface area contributed by atoms with E-state index in [0.29, 0.717) is 11.3 Å². The van der Waals surface area contributed by atoms with E-state index in [1.54, 1.807) is 12.1 Å². The van der Waals surface area contributed by atoms with Gasteiger partial charge in [0, 0.05) is 0 Å². The molecule has 4 heteroatoms. The maximum atomic E-state index is 10.5. The molecule has 1 amide bonds. The van der Waals surface area contributed by atoms with E-state index in [9.17, 15) is 9.90 Å². The van der Waals surface area contributed by atoms with Crippen molar-refractivity contribution in [2.45, 2.75) is 6.42 Å². The number of amides is 1. The van der Waals surface area contributed by atoms with Gasteiger partial charge in [-0.1, -0.05) is 6.07 Å². The largest absolute Gasteiger partial charge is 0.504 e. The molecule has 1 aromatic carbocycles. The van der Waals surface area contributed by atoms with E-state index in [-0.39, 0.29) is 12.2 Å². The van der Waals surface area contributed by atoms with E-state index in [0.717, 1.165) is 0 Å². The molecule has 0 saturated heterocycles. The van der Waals surface area contributed by atoms with Gasteiger partial charge in [0.2, 0.25) is 5.91 Å². The fourth-order valence-electron chi connectivity index (χ4n) is 1.05. The van der Waals surface area contributed by atoms with Gasteiger partial charge in [0.05, 0.1) is 13.5 Å². The highest BCUT2D eigenvalue weighted by Gasteiger charge is 2.03. The average molecular weight is 181 g/mol. The molecule has 0 atom stereocenters. The second-order valence-electron chi connectivity index (χ2n) is 2.65. The first kappa shape index (κ1) is 9.38. The minimum Gasteiger partial charge on any atom is -0.504 e. The molecule has 1 rings (SSSR count). The van der Waals surface area contributed by atoms with Gasteiger partial charge in [-0.2, -0.15) is 0 Å². The molecule has 1 aromatic rings. The number of benzene rings is 1. The third-order valence-electron chi connectivity index (χ3n) is 1.62. The van der Waals surface area contributed by atoms with Crippen molar-refractivity contribution >= 4 is 5.91 Å². The van der Waals surface area contributed by atoms with Gasteiger partial charge in [0.25, 0.3) is 0 Å². The maximum absolute atomic E-state index is 10.5. The lowest BCUT2D eigenvalue weighted by molar-refractivity contribution is -0.117. The first-order chi connectivity index (χ1) is 6.13. The second kappa shape index (κ2) is 3.80. The van der Waals surface area contributed by atoms with Gasteiger partial charge in [-0.05, 0) is 17.7 Å². The summed E-state index contributed by atoms with van der Waals surface area (Å²) in [7, 11) is 1.46. The second-order valence-corrected chi connectivity index (χ2v) is 2.65. The predicted molar refractivity (Wildman–Crippen MR) is 47.6 cm³/mol. The SMILES string of the molecule is COc1ccc(CC(N)=O)cc1O. The Labute approximate surface area is 75.9 Å². The smallest absolute Gasteiger partial charge is 0.221 e. The van der Waals surface area contributed by atoms with Crippen LogP contribution in [0.1, 0.15) is 5.56 Å². The number of primary amides is 1. The van der Waals surface area contributed by atoms with E-state index in [2.05, 4.69) is 0 Å². The number of phenols is 1. The van der Waals surface area contributed by atoms with Crippen molar-refractivity contribution in [1.29, 1.82) is 0 Å². The van der Waals surface area contributed by atoms with Crippen molar-refractivity contribution in [3.63, 3.8) is 0 Å². The number of ether oxygens (including phenoxy) is 1. The number of nitrogens with two attached hydrogens (primary N) is 1. The van der Waals surface area contributed by atoms with Crippen molar-refractivity contribution in [1.82, 2.24) is 0 Å². The van der Waals surface area contributed by atoms with Crippen LogP contribution in [0.15, 0.2) is 18.2 Å². The van der Waals surface area contributed by atoms with Gasteiger partial charge in [0.15, 0.2) is 11.5 Å². The van der Waals surface area contributed by atoms with Gasteiger partial charge < -0.3 is 15.6 Å². The first-order valence-corrected chi connectivity index (χ1v) is 3.77. The minimum atomic E-state index is -0.426. The van der Waals surface area contributed by atoms with Crippen LogP contribution in [0.2, 0.25) is 0 Å². The number of carbonyl (C=O) groups is 1. The summed E-state index contributed by atoms with van der Waals surface area (Å²) in [5, 5.41) is 9.33. The Morgan fingerprint density at radius 1 is 1.62 bits per heavy atom. The lowest BCUT2D eigenvalue weighted by atomic mass is 10.1. The fraction of sp³-hybridized carbons (Fsp3) is 0.222. The van der Waals surface area contributed by atoms with E-state index in [4.69, 9.17) is 10.5 Å². The van der Waals surface area contributed by atoms with Crippen LogP contribution >= 0.6 is 0 Å². The quantitative estimate of drug-likeness (QED) is 0.710. The summed E-state index contributed by atoms with van der Waals surface area (Å²) in [4.78, 5) is 10.5. The van der Waals surface area contributed by atoms with E-state index < -0.39 is 5.91 Å². The Balaban J connectivity index is 2.89. The Morgan fingerprint density at radius 2 is 2.31 bits per heavy atom. The van der Waals surface area contributed by atoms with Gasteiger partial charge in [-0.25, -0.2) is 0 Å². The molecule has 0 heterocycles. The molecular formula is C9H11NO3. The molecule has 0 fully saturated rings. The number of hydrogen-bond acceptors (Lipinski definition) is 3. The summed E-state index contributed by atoms with van der Waals surface area (Å²) in [6.07, 6.45) is 0.123. The highest BCUT2D eigenvalue weighted by Crippen LogP contribution is 2.26. The molecule has 13 heavy (non-hydrogen) atoms. The predicted octanol–water partition coefficient (Wildman–Crippen LogP) is 0.429. The highest BCUT2D eigenvalue weighted by molar-refractivity contribution is 5.76. The lowest BCUT2D eigenvalue weighted by Crippen LogP contribution is -2.13. The van der Waals surface area contributed by atoms with Crippen LogP contribution < -0.4 is 10.5 Å². The van der Waals surface area contributed by atoms with Crippen molar-refractivity contribution in [2.75, 3.05) is 7.11 Å². The molecule has 0 radical (unpaired) electrons. The molecule has 0 aliphatic rings. The number of rotatable bonds is 3. The average Bonchev–Trinajstić information content (AvgIpc) is 2.03. The highest BCUT2D eigenvalue weighted by atomic mass is 16.5. The number of methoxy groups -OCH3 is 1. The summed E-state index contributed by atoms with van der Waals surface area (Å²) in [5.74, 6) is -0.0287. The zero-order valence-corrected chi connectivity index (χ0v) is 7.28. The minimum absolute atomic E-state index is 0.0150. The molecule has 70 valence electrons. The van der Waals surface area contributed by atoms with E-state index in [1.165, 1.54) is 13.2 Å². The third-order valence-corrected chi connectivity index (χ3v) is 1.62. The lowest BCUT2D eigenvalue weighted by Gasteiger charge is -2.04. The summed E-state index contributed by atoms with van der Waals surface area (Å²) in [6, 6.07) is 4.74. The maximum Gasteiger partial charge on any atom is 0.221 e.